The van der Waals surface area contributed by atoms with Gasteiger partial charge < -0.3 is 5.32 Å². The van der Waals surface area contributed by atoms with E-state index in [0.29, 0.717) is 17.8 Å². The quantitative estimate of drug-likeness (QED) is 0.568. The molecular formula is C17H13BrN4OS. The van der Waals surface area contributed by atoms with E-state index in [1.807, 2.05) is 53.1 Å². The van der Waals surface area contributed by atoms with Crippen LogP contribution in [0.15, 0.2) is 53.1 Å². The Morgan fingerprint density at radius 2 is 2.12 bits per heavy atom. The number of pyridine rings is 1. The van der Waals surface area contributed by atoms with Gasteiger partial charge in [-0.05, 0) is 35.7 Å². The van der Waals surface area contributed by atoms with E-state index < -0.39 is 0 Å². The fourth-order valence-corrected chi connectivity index (χ4v) is 4.08. The van der Waals surface area contributed by atoms with E-state index in [0.717, 1.165) is 26.0 Å². The molecule has 1 amide bonds. The van der Waals surface area contributed by atoms with E-state index in [9.17, 15) is 4.79 Å². The molecule has 0 unspecified atom stereocenters. The van der Waals surface area contributed by atoms with Crippen LogP contribution in [0.3, 0.4) is 0 Å². The SMILES string of the molecule is O=C(NCCc1nnc2ccccn12)c1cc2ccc(Br)cc2s1. The maximum atomic E-state index is 12.3. The second kappa shape index (κ2) is 6.33. The van der Waals surface area contributed by atoms with E-state index in [4.69, 9.17) is 0 Å². The first-order valence-electron chi connectivity index (χ1n) is 7.47. The third-order valence-electron chi connectivity index (χ3n) is 3.72. The average Bonchev–Trinajstić information content (AvgIpc) is 3.18. The summed E-state index contributed by atoms with van der Waals surface area (Å²) in [7, 11) is 0. The Labute approximate surface area is 150 Å². The fraction of sp³-hybridized carbons (Fsp3) is 0.118. The number of hydrogen-bond donors (Lipinski definition) is 1. The molecule has 4 rings (SSSR count). The van der Waals surface area contributed by atoms with Gasteiger partial charge in [-0.3, -0.25) is 9.20 Å². The van der Waals surface area contributed by atoms with E-state index in [-0.39, 0.29) is 5.91 Å². The zero-order valence-electron chi connectivity index (χ0n) is 12.6. The van der Waals surface area contributed by atoms with Crippen molar-refractivity contribution in [2.24, 2.45) is 0 Å². The first-order valence-corrected chi connectivity index (χ1v) is 9.07. The number of carbonyl (C=O) groups excluding carboxylic acids is 1. The van der Waals surface area contributed by atoms with Crippen LogP contribution in [0.4, 0.5) is 0 Å². The molecule has 1 N–H and O–H groups in total. The normalized spacial score (nSPS) is 11.2. The van der Waals surface area contributed by atoms with Crippen LogP contribution >= 0.6 is 27.3 Å². The number of halogens is 1. The molecule has 4 aromatic rings. The number of hydrogen-bond acceptors (Lipinski definition) is 4. The Kier molecular flexibility index (Phi) is 4.03. The predicted octanol–water partition coefficient (Wildman–Crippen LogP) is 3.68. The molecule has 120 valence electrons. The second-order valence-corrected chi connectivity index (χ2v) is 7.34. The molecule has 0 saturated heterocycles. The summed E-state index contributed by atoms with van der Waals surface area (Å²) in [5.74, 6) is 0.785. The fourth-order valence-electron chi connectivity index (χ4n) is 2.55. The Balaban J connectivity index is 1.44. The zero-order valence-corrected chi connectivity index (χ0v) is 15.0. The lowest BCUT2D eigenvalue weighted by Crippen LogP contribution is -2.25. The summed E-state index contributed by atoms with van der Waals surface area (Å²) < 4.78 is 4.05. The van der Waals surface area contributed by atoms with Gasteiger partial charge >= 0.3 is 0 Å². The predicted molar refractivity (Wildman–Crippen MR) is 98.5 cm³/mol. The maximum absolute atomic E-state index is 12.3. The molecule has 3 aromatic heterocycles. The number of carbonyl (C=O) groups is 1. The van der Waals surface area contributed by atoms with Gasteiger partial charge in [0.15, 0.2) is 5.65 Å². The number of rotatable bonds is 4. The molecule has 7 heteroatoms. The molecule has 0 aliphatic carbocycles. The van der Waals surface area contributed by atoms with Gasteiger partial charge in [0, 0.05) is 28.3 Å². The molecular weight excluding hydrogens is 388 g/mol. The van der Waals surface area contributed by atoms with Gasteiger partial charge in [-0.1, -0.05) is 28.1 Å². The summed E-state index contributed by atoms with van der Waals surface area (Å²) in [6, 6.07) is 13.7. The van der Waals surface area contributed by atoms with Crippen molar-refractivity contribution in [3.63, 3.8) is 0 Å². The Morgan fingerprint density at radius 1 is 1.21 bits per heavy atom. The number of nitrogens with zero attached hydrogens (tertiary/aromatic N) is 3. The third kappa shape index (κ3) is 2.92. The smallest absolute Gasteiger partial charge is 0.261 e. The van der Waals surface area contributed by atoms with Crippen molar-refractivity contribution in [1.82, 2.24) is 19.9 Å². The topological polar surface area (TPSA) is 59.3 Å². The molecule has 0 bridgehead atoms. The van der Waals surface area contributed by atoms with Crippen LogP contribution in [0.5, 0.6) is 0 Å². The molecule has 1 aromatic carbocycles. The van der Waals surface area contributed by atoms with Gasteiger partial charge in [-0.15, -0.1) is 21.5 Å². The van der Waals surface area contributed by atoms with Crippen LogP contribution in [0.2, 0.25) is 0 Å². The molecule has 0 fully saturated rings. The summed E-state index contributed by atoms with van der Waals surface area (Å²) in [5, 5.41) is 12.3. The molecule has 0 spiro atoms. The lowest BCUT2D eigenvalue weighted by molar-refractivity contribution is 0.0958. The van der Waals surface area contributed by atoms with Crippen LogP contribution in [0.25, 0.3) is 15.7 Å². The third-order valence-corrected chi connectivity index (χ3v) is 5.31. The number of amides is 1. The number of benzene rings is 1. The minimum Gasteiger partial charge on any atom is -0.351 e. The van der Waals surface area contributed by atoms with Crippen molar-refractivity contribution in [2.45, 2.75) is 6.42 Å². The number of thiophene rings is 1. The minimum atomic E-state index is -0.0545. The Bertz CT molecular complexity index is 1040. The summed E-state index contributed by atoms with van der Waals surface area (Å²) in [4.78, 5) is 13.1. The number of aromatic nitrogens is 3. The van der Waals surface area contributed by atoms with Crippen molar-refractivity contribution >= 4 is 48.9 Å². The maximum Gasteiger partial charge on any atom is 0.261 e. The highest BCUT2D eigenvalue weighted by molar-refractivity contribution is 9.10. The van der Waals surface area contributed by atoms with Gasteiger partial charge in [0.25, 0.3) is 5.91 Å². The largest absolute Gasteiger partial charge is 0.351 e. The molecule has 0 saturated carbocycles. The second-order valence-electron chi connectivity index (χ2n) is 5.34. The average molecular weight is 401 g/mol. The molecule has 24 heavy (non-hydrogen) atoms. The van der Waals surface area contributed by atoms with Gasteiger partial charge in [-0.25, -0.2) is 0 Å². The zero-order chi connectivity index (χ0) is 16.5. The lowest BCUT2D eigenvalue weighted by atomic mass is 10.2. The summed E-state index contributed by atoms with van der Waals surface area (Å²) in [6.45, 7) is 0.520. The van der Waals surface area contributed by atoms with Gasteiger partial charge in [-0.2, -0.15) is 0 Å². The molecule has 0 radical (unpaired) electrons. The van der Waals surface area contributed by atoms with Crippen molar-refractivity contribution < 1.29 is 4.79 Å². The summed E-state index contributed by atoms with van der Waals surface area (Å²) in [5.41, 5.74) is 0.814. The van der Waals surface area contributed by atoms with Crippen LogP contribution in [0.1, 0.15) is 15.5 Å². The Morgan fingerprint density at radius 3 is 3.04 bits per heavy atom. The van der Waals surface area contributed by atoms with Crippen LogP contribution in [-0.4, -0.2) is 27.0 Å². The number of fused-ring (bicyclic) bond motifs is 2. The van der Waals surface area contributed by atoms with Crippen molar-refractivity contribution in [1.29, 1.82) is 0 Å². The highest BCUT2D eigenvalue weighted by Crippen LogP contribution is 2.28. The number of nitrogens with one attached hydrogen (secondary N) is 1. The van der Waals surface area contributed by atoms with Crippen LogP contribution < -0.4 is 5.32 Å². The van der Waals surface area contributed by atoms with Crippen LogP contribution in [-0.2, 0) is 6.42 Å². The molecule has 0 atom stereocenters. The highest BCUT2D eigenvalue weighted by Gasteiger charge is 2.11. The first-order chi connectivity index (χ1) is 11.7. The Hall–Kier alpha value is -2.25. The minimum absolute atomic E-state index is 0.0545. The van der Waals surface area contributed by atoms with E-state index >= 15 is 0 Å². The standard InChI is InChI=1S/C17H13BrN4OS/c18-12-5-4-11-9-14(24-13(11)10-12)17(23)19-7-6-16-21-20-15-3-1-2-8-22(15)16/h1-5,8-10H,6-7H2,(H,19,23). The molecule has 5 nitrogen and oxygen atoms in total. The summed E-state index contributed by atoms with van der Waals surface area (Å²) >= 11 is 4.95. The lowest BCUT2D eigenvalue weighted by Gasteiger charge is -2.02. The van der Waals surface area contributed by atoms with Gasteiger partial charge in [0.1, 0.15) is 5.82 Å². The van der Waals surface area contributed by atoms with Crippen LogP contribution in [0, 0.1) is 0 Å². The van der Waals surface area contributed by atoms with E-state index in [1.54, 1.807) is 0 Å². The highest BCUT2D eigenvalue weighted by atomic mass is 79.9. The molecule has 0 aliphatic rings. The summed E-state index contributed by atoms with van der Waals surface area (Å²) in [6.07, 6.45) is 2.56. The molecule has 0 aliphatic heterocycles. The molecule has 3 heterocycles. The van der Waals surface area contributed by atoms with Crippen molar-refractivity contribution in [2.75, 3.05) is 6.54 Å². The monoisotopic (exact) mass is 400 g/mol. The van der Waals surface area contributed by atoms with Gasteiger partial charge in [0.05, 0.1) is 4.88 Å². The first kappa shape index (κ1) is 15.3. The van der Waals surface area contributed by atoms with Gasteiger partial charge in [0.2, 0.25) is 0 Å². The van der Waals surface area contributed by atoms with Crippen molar-refractivity contribution in [3.05, 3.63) is 63.8 Å². The van der Waals surface area contributed by atoms with E-state index in [2.05, 4.69) is 31.4 Å². The van der Waals surface area contributed by atoms with Crippen molar-refractivity contribution in [3.8, 4) is 0 Å². The van der Waals surface area contributed by atoms with E-state index in [1.165, 1.54) is 11.3 Å².